The van der Waals surface area contributed by atoms with E-state index in [0.717, 1.165) is 15.6 Å². The van der Waals surface area contributed by atoms with Gasteiger partial charge in [-0.3, -0.25) is 9.69 Å². The third-order valence-corrected chi connectivity index (χ3v) is 7.54. The van der Waals surface area contributed by atoms with Crippen molar-refractivity contribution in [2.24, 2.45) is 4.99 Å². The van der Waals surface area contributed by atoms with Crippen molar-refractivity contribution >= 4 is 72.4 Å². The molecule has 10 heteroatoms. The Labute approximate surface area is 235 Å². The molecular formula is C27H22Br2N2O5S. The van der Waals surface area contributed by atoms with Crippen LogP contribution in [-0.4, -0.2) is 43.2 Å². The molecule has 0 spiro atoms. The summed E-state index contributed by atoms with van der Waals surface area (Å²) in [4.78, 5) is 31.1. The predicted molar refractivity (Wildman–Crippen MR) is 152 cm³/mol. The maximum atomic E-state index is 12.9. The van der Waals surface area contributed by atoms with Gasteiger partial charge in [0.05, 0.1) is 34.8 Å². The topological polar surface area (TPSA) is 77.4 Å². The standard InChI is InChI=1S/C27H22Br2N2O5S/c1-31-25(32)23(37-27(31)30-20-10-6-18(7-11-20)26(33)35-3)14-17-12-21(29)24(22(13-17)34-2)36-15-16-4-8-19(28)9-5-16/h4-14H,15H2,1-3H3/b23-14-,30-27?. The summed E-state index contributed by atoms with van der Waals surface area (Å²) < 4.78 is 18.0. The molecule has 0 radical (unpaired) electrons. The van der Waals surface area contributed by atoms with Crippen LogP contribution in [0.25, 0.3) is 6.08 Å². The highest BCUT2D eigenvalue weighted by molar-refractivity contribution is 9.10. The molecule has 0 atom stereocenters. The quantitative estimate of drug-likeness (QED) is 0.207. The Morgan fingerprint density at radius 1 is 1.05 bits per heavy atom. The van der Waals surface area contributed by atoms with Crippen LogP contribution in [0, 0.1) is 0 Å². The molecule has 0 aliphatic carbocycles. The minimum atomic E-state index is -0.418. The molecular weight excluding hydrogens is 624 g/mol. The smallest absolute Gasteiger partial charge is 0.337 e. The number of hydrogen-bond acceptors (Lipinski definition) is 7. The molecule has 4 rings (SSSR count). The largest absolute Gasteiger partial charge is 0.493 e. The zero-order chi connectivity index (χ0) is 26.5. The van der Waals surface area contributed by atoms with Crippen LogP contribution in [0.5, 0.6) is 11.5 Å². The molecule has 7 nitrogen and oxygen atoms in total. The minimum absolute atomic E-state index is 0.166. The monoisotopic (exact) mass is 644 g/mol. The minimum Gasteiger partial charge on any atom is -0.493 e. The molecule has 3 aromatic rings. The number of ether oxygens (including phenoxy) is 3. The fraction of sp³-hybridized carbons (Fsp3) is 0.148. The van der Waals surface area contributed by atoms with E-state index in [0.29, 0.717) is 43.9 Å². The summed E-state index contributed by atoms with van der Waals surface area (Å²) in [5.74, 6) is 0.535. The lowest BCUT2D eigenvalue weighted by Crippen LogP contribution is -2.23. The van der Waals surface area contributed by atoms with E-state index in [1.54, 1.807) is 44.5 Å². The van der Waals surface area contributed by atoms with E-state index in [-0.39, 0.29) is 5.91 Å². The van der Waals surface area contributed by atoms with Crippen molar-refractivity contribution in [1.82, 2.24) is 4.90 Å². The van der Waals surface area contributed by atoms with Crippen LogP contribution in [0.2, 0.25) is 0 Å². The Morgan fingerprint density at radius 2 is 1.76 bits per heavy atom. The van der Waals surface area contributed by atoms with Gasteiger partial charge in [-0.15, -0.1) is 0 Å². The van der Waals surface area contributed by atoms with Crippen molar-refractivity contribution in [1.29, 1.82) is 0 Å². The van der Waals surface area contributed by atoms with Crippen LogP contribution in [0.4, 0.5) is 5.69 Å². The molecule has 1 aliphatic rings. The summed E-state index contributed by atoms with van der Waals surface area (Å²) >= 11 is 8.28. The number of benzene rings is 3. The first kappa shape index (κ1) is 27.0. The number of aliphatic imine (C=N–C) groups is 1. The number of halogens is 2. The number of carbonyl (C=O) groups is 2. The highest BCUT2D eigenvalue weighted by atomic mass is 79.9. The van der Waals surface area contributed by atoms with Gasteiger partial charge in [-0.05, 0) is 93.4 Å². The van der Waals surface area contributed by atoms with E-state index in [9.17, 15) is 9.59 Å². The third-order valence-electron chi connectivity index (χ3n) is 5.36. The van der Waals surface area contributed by atoms with Crippen LogP contribution in [0.1, 0.15) is 21.5 Å². The van der Waals surface area contributed by atoms with Crippen molar-refractivity contribution in [2.75, 3.05) is 21.3 Å². The lowest BCUT2D eigenvalue weighted by atomic mass is 10.1. The number of rotatable bonds is 7. The van der Waals surface area contributed by atoms with Gasteiger partial charge in [0.25, 0.3) is 5.91 Å². The highest BCUT2D eigenvalue weighted by Gasteiger charge is 2.30. The summed E-state index contributed by atoms with van der Waals surface area (Å²) in [5.41, 5.74) is 2.84. The summed E-state index contributed by atoms with van der Waals surface area (Å²) in [6, 6.07) is 18.3. The van der Waals surface area contributed by atoms with Crippen LogP contribution in [-0.2, 0) is 16.1 Å². The first-order chi connectivity index (χ1) is 17.8. The van der Waals surface area contributed by atoms with Crippen LogP contribution >= 0.6 is 43.6 Å². The number of amides is 1. The van der Waals surface area contributed by atoms with Crippen LogP contribution in [0.3, 0.4) is 0 Å². The van der Waals surface area contributed by atoms with Gasteiger partial charge in [-0.25, -0.2) is 9.79 Å². The number of esters is 1. The Kier molecular flexibility index (Phi) is 8.73. The normalized spacial score (nSPS) is 15.4. The van der Waals surface area contributed by atoms with Gasteiger partial charge >= 0.3 is 5.97 Å². The first-order valence-electron chi connectivity index (χ1n) is 11.0. The highest BCUT2D eigenvalue weighted by Crippen LogP contribution is 2.39. The van der Waals surface area contributed by atoms with Crippen molar-refractivity contribution in [2.45, 2.75) is 6.61 Å². The lowest BCUT2D eigenvalue weighted by molar-refractivity contribution is -0.121. The molecule has 190 valence electrons. The Morgan fingerprint density at radius 3 is 2.41 bits per heavy atom. The van der Waals surface area contributed by atoms with E-state index in [4.69, 9.17) is 14.2 Å². The Hall–Kier alpha value is -3.08. The van der Waals surface area contributed by atoms with Crippen molar-refractivity contribution in [3.05, 3.63) is 91.2 Å². The second-order valence-corrected chi connectivity index (χ2v) is 10.6. The van der Waals surface area contributed by atoms with Gasteiger partial charge in [0.2, 0.25) is 0 Å². The number of likely N-dealkylation sites (N-methyl/N-ethyl adjacent to an activating group) is 1. The van der Waals surface area contributed by atoms with E-state index in [1.807, 2.05) is 36.4 Å². The number of nitrogens with zero attached hydrogens (tertiary/aromatic N) is 2. The van der Waals surface area contributed by atoms with Crippen molar-refractivity contribution in [3.8, 4) is 11.5 Å². The summed E-state index contributed by atoms with van der Waals surface area (Å²) in [6.07, 6.45) is 1.79. The zero-order valence-electron chi connectivity index (χ0n) is 20.2. The molecule has 1 heterocycles. The predicted octanol–water partition coefficient (Wildman–Crippen LogP) is 6.82. The number of amidine groups is 1. The van der Waals surface area contributed by atoms with Crippen molar-refractivity contribution in [3.63, 3.8) is 0 Å². The lowest BCUT2D eigenvalue weighted by Gasteiger charge is -2.14. The molecule has 1 fully saturated rings. The summed E-state index contributed by atoms with van der Waals surface area (Å²) in [7, 11) is 4.58. The average Bonchev–Trinajstić information content (AvgIpc) is 3.16. The van der Waals surface area contributed by atoms with E-state index in [1.165, 1.54) is 23.8 Å². The Balaban J connectivity index is 1.54. The van der Waals surface area contributed by atoms with Crippen molar-refractivity contribution < 1.29 is 23.8 Å². The number of hydrogen-bond donors (Lipinski definition) is 0. The van der Waals surface area contributed by atoms with E-state index >= 15 is 0 Å². The summed E-state index contributed by atoms with van der Waals surface area (Å²) in [6.45, 7) is 0.377. The second-order valence-electron chi connectivity index (χ2n) is 7.86. The molecule has 0 saturated carbocycles. The molecule has 0 aromatic heterocycles. The maximum absolute atomic E-state index is 12.9. The molecule has 1 aliphatic heterocycles. The second kappa shape index (κ2) is 12.0. The fourth-order valence-electron chi connectivity index (χ4n) is 3.40. The van der Waals surface area contributed by atoms with Gasteiger partial charge in [0.1, 0.15) is 6.61 Å². The van der Waals surface area contributed by atoms with Crippen LogP contribution in [0.15, 0.2) is 79.5 Å². The van der Waals surface area contributed by atoms with Crippen LogP contribution < -0.4 is 9.47 Å². The number of carbonyl (C=O) groups excluding carboxylic acids is 2. The molecule has 37 heavy (non-hydrogen) atoms. The molecule has 0 N–H and O–H groups in total. The number of methoxy groups -OCH3 is 2. The molecule has 1 amide bonds. The average molecular weight is 646 g/mol. The molecule has 1 saturated heterocycles. The zero-order valence-corrected chi connectivity index (χ0v) is 24.1. The molecule has 0 unspecified atom stereocenters. The van der Waals surface area contributed by atoms with E-state index < -0.39 is 5.97 Å². The number of thioether (sulfide) groups is 1. The SMILES string of the molecule is COC(=O)c1ccc(N=C2S/C(=C\c3cc(Br)c(OCc4ccc(Br)cc4)c(OC)c3)C(=O)N2C)cc1. The van der Waals surface area contributed by atoms with Gasteiger partial charge < -0.3 is 14.2 Å². The van der Waals surface area contributed by atoms with Gasteiger partial charge in [-0.1, -0.05) is 28.1 Å². The maximum Gasteiger partial charge on any atom is 0.337 e. The van der Waals surface area contributed by atoms with Gasteiger partial charge in [0, 0.05) is 11.5 Å². The van der Waals surface area contributed by atoms with E-state index in [2.05, 4.69) is 36.9 Å². The molecule has 3 aromatic carbocycles. The van der Waals surface area contributed by atoms with Gasteiger partial charge in [0.15, 0.2) is 16.7 Å². The third kappa shape index (κ3) is 6.44. The fourth-order valence-corrected chi connectivity index (χ4v) is 5.23. The first-order valence-corrected chi connectivity index (χ1v) is 13.4. The Bertz CT molecular complexity index is 1390. The molecule has 0 bridgehead atoms. The summed E-state index contributed by atoms with van der Waals surface area (Å²) in [5, 5.41) is 0.530. The van der Waals surface area contributed by atoms with Gasteiger partial charge in [-0.2, -0.15) is 0 Å².